The number of pyridine rings is 1. The molecular weight excluding hydrogens is 410 g/mol. The number of nitrogens with one attached hydrogen (secondary N) is 1. The first-order valence-corrected chi connectivity index (χ1v) is 11.6. The first kappa shape index (κ1) is 20.2. The zero-order valence-electron chi connectivity index (χ0n) is 17.6. The van der Waals surface area contributed by atoms with E-state index >= 15 is 0 Å². The van der Waals surface area contributed by atoms with Crippen molar-refractivity contribution in [2.24, 2.45) is 11.1 Å². The van der Waals surface area contributed by atoms with Gasteiger partial charge in [-0.05, 0) is 36.7 Å². The zero-order chi connectivity index (χ0) is 21.4. The van der Waals surface area contributed by atoms with Crippen LogP contribution in [0.2, 0.25) is 0 Å². The highest BCUT2D eigenvalue weighted by molar-refractivity contribution is 7.23. The fourth-order valence-electron chi connectivity index (χ4n) is 5.03. The number of aromatic nitrogens is 2. The number of ether oxygens (including phenoxy) is 1. The van der Waals surface area contributed by atoms with Crippen molar-refractivity contribution in [1.82, 2.24) is 14.9 Å². The minimum atomic E-state index is -0.103. The van der Waals surface area contributed by atoms with E-state index < -0.39 is 0 Å². The third-order valence-corrected chi connectivity index (χ3v) is 7.90. The summed E-state index contributed by atoms with van der Waals surface area (Å²) in [6.45, 7) is 1.48. The van der Waals surface area contributed by atoms with Gasteiger partial charge in [0.2, 0.25) is 5.88 Å². The lowest BCUT2D eigenvalue weighted by atomic mass is 9.74. The Labute approximate surface area is 185 Å². The average Bonchev–Trinajstić information content (AvgIpc) is 3.37. The quantitative estimate of drug-likeness (QED) is 0.630. The van der Waals surface area contributed by atoms with Crippen molar-refractivity contribution in [1.29, 1.82) is 0 Å². The molecule has 1 saturated carbocycles. The van der Waals surface area contributed by atoms with E-state index in [4.69, 9.17) is 10.5 Å². The molecule has 1 aromatic carbocycles. The molecule has 162 valence electrons. The molecule has 0 unspecified atom stereocenters. The molecule has 2 aliphatic rings. The molecular formula is C23H27N5O2S. The summed E-state index contributed by atoms with van der Waals surface area (Å²) in [5, 5.41) is 3.56. The fourth-order valence-corrected chi connectivity index (χ4v) is 6.01. The van der Waals surface area contributed by atoms with Gasteiger partial charge < -0.3 is 15.4 Å². The van der Waals surface area contributed by atoms with Gasteiger partial charge in [0.25, 0.3) is 0 Å². The summed E-state index contributed by atoms with van der Waals surface area (Å²) in [7, 11) is 1.58. The van der Waals surface area contributed by atoms with E-state index in [2.05, 4.69) is 15.3 Å². The van der Waals surface area contributed by atoms with Crippen LogP contribution in [-0.2, 0) is 0 Å². The molecule has 8 heteroatoms. The molecule has 2 aromatic heterocycles. The topological polar surface area (TPSA) is 93.4 Å². The predicted molar refractivity (Wildman–Crippen MR) is 123 cm³/mol. The van der Waals surface area contributed by atoms with Gasteiger partial charge in [0.15, 0.2) is 5.13 Å². The van der Waals surface area contributed by atoms with E-state index in [0.717, 1.165) is 48.2 Å². The Hall–Kier alpha value is -2.71. The first-order valence-electron chi connectivity index (χ1n) is 10.8. The minimum absolute atomic E-state index is 0.103. The molecule has 5 rings (SSSR count). The van der Waals surface area contributed by atoms with Gasteiger partial charge >= 0.3 is 6.03 Å². The number of carbonyl (C=O) groups is 1. The molecule has 7 nitrogen and oxygen atoms in total. The van der Waals surface area contributed by atoms with Gasteiger partial charge in [0.1, 0.15) is 5.52 Å². The maximum absolute atomic E-state index is 12.9. The normalized spacial score (nSPS) is 20.3. The maximum Gasteiger partial charge on any atom is 0.323 e. The van der Waals surface area contributed by atoms with E-state index in [9.17, 15) is 4.79 Å². The molecule has 3 N–H and O–H groups in total. The number of hydrogen-bond donors (Lipinski definition) is 2. The second-order valence-electron chi connectivity index (χ2n) is 8.52. The van der Waals surface area contributed by atoms with Crippen LogP contribution in [0.1, 0.15) is 32.1 Å². The van der Waals surface area contributed by atoms with Crippen LogP contribution < -0.4 is 15.8 Å². The predicted octanol–water partition coefficient (Wildman–Crippen LogP) is 4.49. The van der Waals surface area contributed by atoms with E-state index in [1.165, 1.54) is 24.2 Å². The number of anilines is 1. The Morgan fingerprint density at radius 3 is 2.71 bits per heavy atom. The standard InChI is InChI=1S/C23H27N5O2S/c1-30-20-18-19(16(14-25-20)15-6-3-2-4-7-15)31-21(26-18)27-22(29)28-12-10-23(11-13-28)9-5-8-17(23)24/h2-4,6-7,14,17H,5,8-13,24H2,1H3,(H,26,27,29)/t17-/m0/s1. The van der Waals surface area contributed by atoms with Crippen molar-refractivity contribution in [2.45, 2.75) is 38.1 Å². The summed E-state index contributed by atoms with van der Waals surface area (Å²) < 4.78 is 6.36. The number of methoxy groups -OCH3 is 1. The van der Waals surface area contributed by atoms with Gasteiger partial charge in [-0.3, -0.25) is 5.32 Å². The van der Waals surface area contributed by atoms with Crippen LogP contribution >= 0.6 is 11.3 Å². The number of amides is 2. The van der Waals surface area contributed by atoms with E-state index in [-0.39, 0.29) is 17.5 Å². The van der Waals surface area contributed by atoms with Crippen LogP contribution in [0, 0.1) is 5.41 Å². The number of benzene rings is 1. The van der Waals surface area contributed by atoms with Crippen molar-refractivity contribution in [3.05, 3.63) is 36.5 Å². The van der Waals surface area contributed by atoms with Crippen molar-refractivity contribution < 1.29 is 9.53 Å². The summed E-state index contributed by atoms with van der Waals surface area (Å²) in [6.07, 6.45) is 7.27. The summed E-state index contributed by atoms with van der Waals surface area (Å²) in [5.74, 6) is 0.460. The lowest BCUT2D eigenvalue weighted by molar-refractivity contribution is 0.114. The molecule has 31 heavy (non-hydrogen) atoms. The highest BCUT2D eigenvalue weighted by Crippen LogP contribution is 2.45. The lowest BCUT2D eigenvalue weighted by Crippen LogP contribution is -2.49. The fraction of sp³-hybridized carbons (Fsp3) is 0.435. The number of nitrogens with two attached hydrogens (primary N) is 1. The summed E-state index contributed by atoms with van der Waals surface area (Å²) in [6, 6.07) is 10.2. The number of urea groups is 1. The van der Waals surface area contributed by atoms with Crippen LogP contribution in [0.15, 0.2) is 36.5 Å². The summed E-state index contributed by atoms with van der Waals surface area (Å²) in [5.41, 5.74) is 9.31. The molecule has 1 saturated heterocycles. The third kappa shape index (κ3) is 3.64. The molecule has 3 aromatic rings. The first-order chi connectivity index (χ1) is 15.1. The Kier molecular flexibility index (Phi) is 5.27. The zero-order valence-corrected chi connectivity index (χ0v) is 18.5. The Bertz CT molecular complexity index is 1090. The summed E-state index contributed by atoms with van der Waals surface area (Å²) >= 11 is 1.45. The number of nitrogens with zero attached hydrogens (tertiary/aromatic N) is 3. The minimum Gasteiger partial charge on any atom is -0.479 e. The molecule has 2 fully saturated rings. The number of thiazole rings is 1. The number of likely N-dealkylation sites (tertiary alicyclic amines) is 1. The smallest absolute Gasteiger partial charge is 0.323 e. The largest absolute Gasteiger partial charge is 0.479 e. The van der Waals surface area contributed by atoms with E-state index in [0.29, 0.717) is 16.5 Å². The molecule has 0 radical (unpaired) electrons. The molecule has 3 heterocycles. The second-order valence-corrected chi connectivity index (χ2v) is 9.52. The Balaban J connectivity index is 1.37. The van der Waals surface area contributed by atoms with Gasteiger partial charge in [-0.1, -0.05) is 48.1 Å². The second kappa shape index (κ2) is 8.09. The number of hydrogen-bond acceptors (Lipinski definition) is 6. The average molecular weight is 438 g/mol. The number of carbonyl (C=O) groups excluding carboxylic acids is 1. The highest BCUT2D eigenvalue weighted by Gasteiger charge is 2.43. The molecule has 1 spiro atoms. The molecule has 1 aliphatic carbocycles. The van der Waals surface area contributed by atoms with Crippen LogP contribution in [0.3, 0.4) is 0 Å². The van der Waals surface area contributed by atoms with Gasteiger partial charge in [0.05, 0.1) is 11.8 Å². The van der Waals surface area contributed by atoms with Crippen molar-refractivity contribution in [2.75, 3.05) is 25.5 Å². The summed E-state index contributed by atoms with van der Waals surface area (Å²) in [4.78, 5) is 23.9. The van der Waals surface area contributed by atoms with Gasteiger partial charge in [0, 0.05) is 30.9 Å². The van der Waals surface area contributed by atoms with Gasteiger partial charge in [-0.2, -0.15) is 0 Å². The number of rotatable bonds is 3. The highest BCUT2D eigenvalue weighted by atomic mass is 32.1. The van der Waals surface area contributed by atoms with Gasteiger partial charge in [-0.15, -0.1) is 0 Å². The van der Waals surface area contributed by atoms with Crippen molar-refractivity contribution >= 4 is 32.7 Å². The van der Waals surface area contributed by atoms with E-state index in [1.54, 1.807) is 13.3 Å². The Morgan fingerprint density at radius 2 is 2.03 bits per heavy atom. The maximum atomic E-state index is 12.9. The van der Waals surface area contributed by atoms with Crippen molar-refractivity contribution in [3.8, 4) is 17.0 Å². The third-order valence-electron chi connectivity index (χ3n) is 6.90. The van der Waals surface area contributed by atoms with Crippen LogP contribution in [0.5, 0.6) is 5.88 Å². The monoisotopic (exact) mass is 437 g/mol. The Morgan fingerprint density at radius 1 is 1.26 bits per heavy atom. The van der Waals surface area contributed by atoms with Crippen LogP contribution in [0.4, 0.5) is 9.93 Å². The molecule has 2 amide bonds. The molecule has 1 aliphatic heterocycles. The van der Waals surface area contributed by atoms with Crippen molar-refractivity contribution in [3.63, 3.8) is 0 Å². The number of piperidine rings is 1. The molecule has 1 atom stereocenters. The van der Waals surface area contributed by atoms with E-state index in [1.807, 2.05) is 35.2 Å². The lowest BCUT2D eigenvalue weighted by Gasteiger charge is -2.41. The van der Waals surface area contributed by atoms with Crippen LogP contribution in [-0.4, -0.2) is 47.1 Å². The van der Waals surface area contributed by atoms with Crippen LogP contribution in [0.25, 0.3) is 21.3 Å². The molecule has 0 bridgehead atoms. The van der Waals surface area contributed by atoms with Gasteiger partial charge in [-0.25, -0.2) is 14.8 Å². The number of fused-ring (bicyclic) bond motifs is 1. The SMILES string of the molecule is COc1ncc(-c2ccccc2)c2sc(NC(=O)N3CCC4(CCC[C@@H]4N)CC3)nc12.